The van der Waals surface area contributed by atoms with Crippen molar-refractivity contribution in [3.05, 3.63) is 64.7 Å². The highest BCUT2D eigenvalue weighted by molar-refractivity contribution is 7.92. The topological polar surface area (TPSA) is 131 Å². The minimum atomic E-state index is -3.87. The maximum Gasteiger partial charge on any atom is 0.264 e. The molecule has 36 heavy (non-hydrogen) atoms. The minimum Gasteiger partial charge on any atom is -0.379 e. The number of nitrogens with zero attached hydrogens (tertiary/aromatic N) is 3. The summed E-state index contributed by atoms with van der Waals surface area (Å²) in [6, 6.07) is 13.7. The normalized spacial score (nSPS) is 16.5. The van der Waals surface area contributed by atoms with Crippen LogP contribution in [-0.2, 0) is 32.5 Å². The predicted molar refractivity (Wildman–Crippen MR) is 135 cm³/mol. The quantitative estimate of drug-likeness (QED) is 0.342. The molecule has 0 unspecified atom stereocenters. The lowest BCUT2D eigenvalue weighted by molar-refractivity contribution is -0.131. The van der Waals surface area contributed by atoms with E-state index in [0.29, 0.717) is 10.9 Å². The molecule has 10 nitrogen and oxygen atoms in total. The molecule has 1 fully saturated rings. The molecular formula is C25H30N4O6S. The first-order valence-electron chi connectivity index (χ1n) is 11.6. The number of amides is 1. The van der Waals surface area contributed by atoms with Crippen molar-refractivity contribution in [1.82, 2.24) is 19.9 Å². The number of nitrogens with one attached hydrogen (secondary N) is 1. The van der Waals surface area contributed by atoms with E-state index in [0.717, 1.165) is 50.2 Å². The number of morpholine rings is 1. The Bertz CT molecular complexity index is 1410. The van der Waals surface area contributed by atoms with Crippen molar-refractivity contribution < 1.29 is 23.2 Å². The van der Waals surface area contributed by atoms with Gasteiger partial charge < -0.3 is 4.74 Å². The van der Waals surface area contributed by atoms with Crippen LogP contribution >= 0.6 is 0 Å². The predicted octanol–water partition coefficient (Wildman–Crippen LogP) is 1.59. The molecule has 11 heteroatoms. The number of hydroxylamine groups is 1. The van der Waals surface area contributed by atoms with Crippen molar-refractivity contribution in [1.29, 1.82) is 0 Å². The first-order chi connectivity index (χ1) is 17.1. The summed E-state index contributed by atoms with van der Waals surface area (Å²) in [5.74, 6) is -1.05. The van der Waals surface area contributed by atoms with Crippen LogP contribution < -0.4 is 11.0 Å². The fraction of sp³-hybridized carbons (Fsp3) is 0.400. The summed E-state index contributed by atoms with van der Waals surface area (Å²) in [6.07, 6.45) is 2.06. The van der Waals surface area contributed by atoms with Crippen LogP contribution in [-0.4, -0.2) is 71.3 Å². The van der Waals surface area contributed by atoms with Crippen LogP contribution in [0.4, 0.5) is 0 Å². The highest BCUT2D eigenvalue weighted by Crippen LogP contribution is 2.24. The summed E-state index contributed by atoms with van der Waals surface area (Å²) in [6.45, 7) is 5.41. The van der Waals surface area contributed by atoms with Gasteiger partial charge in [0.2, 0.25) is 0 Å². The average molecular weight is 515 g/mol. The molecule has 4 rings (SSSR count). The Balaban J connectivity index is 1.53. The summed E-state index contributed by atoms with van der Waals surface area (Å²) in [4.78, 5) is 31.8. The van der Waals surface area contributed by atoms with Gasteiger partial charge in [-0.05, 0) is 42.2 Å². The Hall–Kier alpha value is -3.12. The number of aromatic nitrogens is 2. The largest absolute Gasteiger partial charge is 0.379 e. The molecule has 1 amide bonds. The molecule has 0 aliphatic carbocycles. The molecule has 1 aromatic heterocycles. The number of rotatable bonds is 8. The molecule has 3 aromatic rings. The van der Waals surface area contributed by atoms with Gasteiger partial charge in [-0.2, -0.15) is 0 Å². The Morgan fingerprint density at radius 2 is 1.81 bits per heavy atom. The van der Waals surface area contributed by atoms with Gasteiger partial charge in [-0.1, -0.05) is 30.3 Å². The van der Waals surface area contributed by atoms with E-state index >= 15 is 0 Å². The molecular weight excluding hydrogens is 484 g/mol. The Morgan fingerprint density at radius 1 is 1.14 bits per heavy atom. The van der Waals surface area contributed by atoms with Crippen molar-refractivity contribution in [3.8, 4) is 11.1 Å². The fourth-order valence-corrected chi connectivity index (χ4v) is 5.08. The van der Waals surface area contributed by atoms with Crippen LogP contribution in [0, 0.1) is 0 Å². The van der Waals surface area contributed by atoms with Gasteiger partial charge in [0.1, 0.15) is 0 Å². The third-order valence-corrected chi connectivity index (χ3v) is 8.88. The minimum absolute atomic E-state index is 0.0644. The van der Waals surface area contributed by atoms with Crippen LogP contribution in [0.1, 0.15) is 18.9 Å². The number of hydrogen-bond donors (Lipinski definition) is 2. The first-order valence-corrected chi connectivity index (χ1v) is 13.5. The number of aryl methyl sites for hydroxylation is 1. The molecule has 0 radical (unpaired) electrons. The summed E-state index contributed by atoms with van der Waals surface area (Å²) >= 11 is 0. The lowest BCUT2D eigenvalue weighted by atomic mass is 10.0. The van der Waals surface area contributed by atoms with Crippen LogP contribution in [0.5, 0.6) is 0 Å². The smallest absolute Gasteiger partial charge is 0.264 e. The zero-order valence-electron chi connectivity index (χ0n) is 20.3. The van der Waals surface area contributed by atoms with Crippen LogP contribution in [0.3, 0.4) is 0 Å². The van der Waals surface area contributed by atoms with E-state index in [1.807, 2.05) is 12.1 Å². The number of fused-ring (bicyclic) bond motifs is 1. The summed E-state index contributed by atoms with van der Waals surface area (Å²) in [5, 5.41) is 9.37. The summed E-state index contributed by atoms with van der Waals surface area (Å²) in [7, 11) is -3.87. The molecule has 1 atom stereocenters. The highest BCUT2D eigenvalue weighted by atomic mass is 32.2. The number of carbonyl (C=O) groups excluding carboxylic acids is 1. The molecule has 1 saturated heterocycles. The molecule has 0 bridgehead atoms. The van der Waals surface area contributed by atoms with Crippen molar-refractivity contribution in [3.63, 3.8) is 0 Å². The first kappa shape index (κ1) is 26.0. The van der Waals surface area contributed by atoms with Gasteiger partial charge in [-0.15, -0.1) is 0 Å². The number of benzene rings is 2. The Labute approximate surface area is 209 Å². The van der Waals surface area contributed by atoms with E-state index < -0.39 is 20.5 Å². The monoisotopic (exact) mass is 514 g/mol. The van der Waals surface area contributed by atoms with Crippen molar-refractivity contribution in [2.24, 2.45) is 0 Å². The van der Waals surface area contributed by atoms with Crippen molar-refractivity contribution >= 4 is 26.6 Å². The van der Waals surface area contributed by atoms with Gasteiger partial charge in [0.05, 0.1) is 30.4 Å². The molecule has 1 aliphatic rings. The van der Waals surface area contributed by atoms with Gasteiger partial charge in [-0.25, -0.2) is 18.9 Å². The second-order valence-electron chi connectivity index (χ2n) is 9.25. The van der Waals surface area contributed by atoms with Crippen LogP contribution in [0.25, 0.3) is 22.0 Å². The molecule has 192 valence electrons. The molecule has 1 aliphatic heterocycles. The van der Waals surface area contributed by atoms with E-state index in [-0.39, 0.29) is 18.5 Å². The van der Waals surface area contributed by atoms with Gasteiger partial charge >= 0.3 is 0 Å². The van der Waals surface area contributed by atoms with E-state index in [4.69, 9.17) is 9.94 Å². The summed E-state index contributed by atoms with van der Waals surface area (Å²) < 4.78 is 29.1. The third-order valence-electron chi connectivity index (χ3n) is 6.85. The SMILES string of the molecule is C[C@@](CCn1cnc2cc(-c3ccc(CN4CCOCC4)cc3)ccc2c1=O)(C(=O)NO)S(C)(=O)=O. The molecule has 0 spiro atoms. The van der Waals surface area contributed by atoms with Gasteiger partial charge in [0.15, 0.2) is 14.6 Å². The van der Waals surface area contributed by atoms with E-state index in [9.17, 15) is 18.0 Å². The van der Waals surface area contributed by atoms with Gasteiger partial charge in [0.25, 0.3) is 11.5 Å². The fourth-order valence-electron chi connectivity index (χ4n) is 4.24. The Morgan fingerprint density at radius 3 is 2.44 bits per heavy atom. The molecule has 2 N–H and O–H groups in total. The lowest BCUT2D eigenvalue weighted by Crippen LogP contribution is -2.50. The molecule has 0 saturated carbocycles. The average Bonchev–Trinajstić information content (AvgIpc) is 2.88. The number of sulfone groups is 1. The van der Waals surface area contributed by atoms with Crippen LogP contribution in [0.15, 0.2) is 53.6 Å². The lowest BCUT2D eigenvalue weighted by Gasteiger charge is -2.26. The number of hydrogen-bond acceptors (Lipinski definition) is 8. The zero-order chi connectivity index (χ0) is 25.9. The number of ether oxygens (including phenoxy) is 1. The molecule has 2 heterocycles. The van der Waals surface area contributed by atoms with E-state index in [2.05, 4.69) is 34.1 Å². The maximum atomic E-state index is 13.0. The number of carbonyl (C=O) groups is 1. The van der Waals surface area contributed by atoms with E-state index in [1.165, 1.54) is 28.9 Å². The van der Waals surface area contributed by atoms with Gasteiger partial charge in [-0.3, -0.25) is 24.3 Å². The van der Waals surface area contributed by atoms with Crippen molar-refractivity contribution in [2.45, 2.75) is 31.2 Å². The second-order valence-corrected chi connectivity index (χ2v) is 11.7. The standard InChI is InChI=1S/C25H30N4O6S/c1-25(24(31)27-32,36(2,33)34)9-10-29-17-26-22-15-20(7-8-21(22)23(29)30)19-5-3-18(4-6-19)16-28-11-13-35-14-12-28/h3-8,15,17,32H,9-14,16H2,1-2H3,(H,27,31)/t25-/m1/s1. The zero-order valence-corrected chi connectivity index (χ0v) is 21.1. The van der Waals surface area contributed by atoms with Gasteiger partial charge in [0, 0.05) is 32.4 Å². The summed E-state index contributed by atoms with van der Waals surface area (Å²) in [5.41, 5.74) is 4.74. The highest BCUT2D eigenvalue weighted by Gasteiger charge is 2.43. The molecule has 2 aromatic carbocycles. The Kier molecular flexibility index (Phi) is 7.55. The van der Waals surface area contributed by atoms with Crippen molar-refractivity contribution in [2.75, 3.05) is 32.6 Å². The maximum absolute atomic E-state index is 13.0. The second kappa shape index (κ2) is 10.5. The van der Waals surface area contributed by atoms with E-state index in [1.54, 1.807) is 6.07 Å². The third kappa shape index (κ3) is 5.34. The van der Waals surface area contributed by atoms with Crippen LogP contribution in [0.2, 0.25) is 0 Å².